The van der Waals surface area contributed by atoms with Crippen LogP contribution in [0.5, 0.6) is 0 Å². The number of aromatic amines is 2. The van der Waals surface area contributed by atoms with Gasteiger partial charge in [0, 0.05) is 19.4 Å². The van der Waals surface area contributed by atoms with Crippen LogP contribution in [0.25, 0.3) is 11.0 Å². The summed E-state index contributed by atoms with van der Waals surface area (Å²) in [6.07, 6.45) is 3.92. The van der Waals surface area contributed by atoms with Crippen molar-refractivity contribution in [3.63, 3.8) is 0 Å². The molecule has 1 saturated heterocycles. The van der Waals surface area contributed by atoms with Gasteiger partial charge in [0.1, 0.15) is 0 Å². The summed E-state index contributed by atoms with van der Waals surface area (Å²) < 4.78 is 1.64. The lowest BCUT2D eigenvalue weighted by Gasteiger charge is -2.19. The Morgan fingerprint density at radius 1 is 1.24 bits per heavy atom. The summed E-state index contributed by atoms with van der Waals surface area (Å²) >= 11 is 0. The zero-order chi connectivity index (χ0) is 19.5. The van der Waals surface area contributed by atoms with Crippen LogP contribution in [0.2, 0.25) is 0 Å². The van der Waals surface area contributed by atoms with Crippen molar-refractivity contribution in [3.8, 4) is 0 Å². The molecule has 2 aromatic heterocycles. The van der Waals surface area contributed by atoms with Gasteiger partial charge < -0.3 is 15.3 Å². The van der Waals surface area contributed by atoms with Gasteiger partial charge in [-0.3, -0.25) is 10.1 Å². The number of H-pyrrole nitrogens is 2. The van der Waals surface area contributed by atoms with Gasteiger partial charge in [0.05, 0.1) is 11.0 Å². The molecule has 156 valence electrons. The molecule has 0 saturated carbocycles. The Morgan fingerprint density at radius 3 is 2.79 bits per heavy atom. The molecular formula is C19H26ClN7O2. The van der Waals surface area contributed by atoms with Crippen molar-refractivity contribution in [2.75, 3.05) is 18.4 Å². The Labute approximate surface area is 174 Å². The third-order valence-electron chi connectivity index (χ3n) is 5.18. The molecule has 0 spiro atoms. The van der Waals surface area contributed by atoms with Gasteiger partial charge in [-0.2, -0.15) is 10.1 Å². The zero-order valence-electron chi connectivity index (χ0n) is 16.3. The number of piperidine rings is 1. The van der Waals surface area contributed by atoms with Crippen molar-refractivity contribution in [1.29, 1.82) is 0 Å². The first-order valence-electron chi connectivity index (χ1n) is 9.71. The van der Waals surface area contributed by atoms with Gasteiger partial charge in [0.25, 0.3) is 0 Å². The van der Waals surface area contributed by atoms with Crippen LogP contribution in [0, 0.1) is 0 Å². The first-order chi connectivity index (χ1) is 13.6. The van der Waals surface area contributed by atoms with Crippen molar-refractivity contribution in [2.24, 2.45) is 7.05 Å². The van der Waals surface area contributed by atoms with Crippen LogP contribution in [0.15, 0.2) is 23.0 Å². The minimum Gasteiger partial charge on any atom is -0.317 e. The third-order valence-corrected chi connectivity index (χ3v) is 5.18. The van der Waals surface area contributed by atoms with Crippen molar-refractivity contribution in [2.45, 2.75) is 38.0 Å². The first-order valence-corrected chi connectivity index (χ1v) is 9.71. The van der Waals surface area contributed by atoms with E-state index in [4.69, 9.17) is 0 Å². The van der Waals surface area contributed by atoms with Crippen LogP contribution in [0.4, 0.5) is 5.95 Å². The lowest BCUT2D eigenvalue weighted by Crippen LogP contribution is -2.27. The summed E-state index contributed by atoms with van der Waals surface area (Å²) in [6, 6.07) is 5.79. The number of nitrogens with zero attached hydrogens (tertiary/aromatic N) is 3. The lowest BCUT2D eigenvalue weighted by atomic mass is 9.98. The predicted octanol–water partition coefficient (Wildman–Crippen LogP) is 1.83. The van der Waals surface area contributed by atoms with Crippen LogP contribution < -0.4 is 16.3 Å². The second-order valence-electron chi connectivity index (χ2n) is 7.30. The molecule has 1 amide bonds. The highest BCUT2D eigenvalue weighted by Crippen LogP contribution is 2.23. The Kier molecular flexibility index (Phi) is 6.71. The van der Waals surface area contributed by atoms with Crippen LogP contribution >= 0.6 is 12.4 Å². The fourth-order valence-corrected chi connectivity index (χ4v) is 3.64. The normalized spacial score (nSPS) is 14.7. The van der Waals surface area contributed by atoms with Crippen LogP contribution in [-0.2, 0) is 18.3 Å². The van der Waals surface area contributed by atoms with E-state index in [-0.39, 0.29) is 24.0 Å². The molecule has 0 unspecified atom stereocenters. The lowest BCUT2D eigenvalue weighted by molar-refractivity contribution is -0.116. The zero-order valence-corrected chi connectivity index (χ0v) is 17.1. The van der Waals surface area contributed by atoms with Gasteiger partial charge in [0.2, 0.25) is 11.9 Å². The molecule has 1 aliphatic rings. The number of hydrogen-bond donors (Lipinski definition) is 4. The number of carbonyl (C=O) groups is 1. The second kappa shape index (κ2) is 9.23. The van der Waals surface area contributed by atoms with Crippen LogP contribution in [0.1, 0.15) is 43.0 Å². The second-order valence-corrected chi connectivity index (χ2v) is 7.30. The largest absolute Gasteiger partial charge is 0.323 e. The Balaban J connectivity index is 0.00000240. The smallest absolute Gasteiger partial charge is 0.317 e. The maximum absolute atomic E-state index is 12.3. The van der Waals surface area contributed by atoms with E-state index in [1.165, 1.54) is 0 Å². The Morgan fingerprint density at radius 2 is 2.00 bits per heavy atom. The van der Waals surface area contributed by atoms with Crippen LogP contribution in [-0.4, -0.2) is 43.7 Å². The summed E-state index contributed by atoms with van der Waals surface area (Å²) in [5.41, 5.74) is 2.45. The molecule has 1 aliphatic heterocycles. The van der Waals surface area contributed by atoms with E-state index < -0.39 is 0 Å². The molecule has 3 heterocycles. The van der Waals surface area contributed by atoms with Gasteiger partial charge in [-0.25, -0.2) is 9.48 Å². The number of hydrogen-bond acceptors (Lipinski definition) is 5. The topological polar surface area (TPSA) is 120 Å². The van der Waals surface area contributed by atoms with Crippen molar-refractivity contribution < 1.29 is 4.79 Å². The minimum atomic E-state index is -0.209. The number of halogens is 1. The number of rotatable bonds is 6. The predicted molar refractivity (Wildman–Crippen MR) is 114 cm³/mol. The van der Waals surface area contributed by atoms with E-state index in [1.54, 1.807) is 11.7 Å². The summed E-state index contributed by atoms with van der Waals surface area (Å²) in [4.78, 5) is 33.6. The van der Waals surface area contributed by atoms with Crippen LogP contribution in [0.3, 0.4) is 0 Å². The quantitative estimate of drug-likeness (QED) is 0.485. The van der Waals surface area contributed by atoms with Gasteiger partial charge in [-0.15, -0.1) is 12.4 Å². The highest BCUT2D eigenvalue weighted by molar-refractivity contribution is 5.89. The van der Waals surface area contributed by atoms with E-state index in [2.05, 4.69) is 30.7 Å². The number of amides is 1. The van der Waals surface area contributed by atoms with Crippen molar-refractivity contribution >= 4 is 35.3 Å². The number of aryl methyl sites for hydroxylation is 2. The molecule has 1 fully saturated rings. The molecule has 1 aromatic carbocycles. The summed E-state index contributed by atoms with van der Waals surface area (Å²) in [7, 11) is 1.81. The minimum absolute atomic E-state index is 0. The molecule has 3 aromatic rings. The average Bonchev–Trinajstić information content (AvgIpc) is 3.24. The van der Waals surface area contributed by atoms with Crippen molar-refractivity contribution in [3.05, 3.63) is 40.1 Å². The highest BCUT2D eigenvalue weighted by Gasteiger charge is 2.21. The van der Waals surface area contributed by atoms with Gasteiger partial charge in [-0.1, -0.05) is 6.07 Å². The van der Waals surface area contributed by atoms with E-state index >= 15 is 0 Å². The van der Waals surface area contributed by atoms with E-state index in [1.807, 2.05) is 18.2 Å². The molecule has 0 aliphatic carbocycles. The number of anilines is 1. The molecule has 4 N–H and O–H groups in total. The number of benzene rings is 1. The number of carbonyl (C=O) groups excluding carboxylic acids is 1. The number of imidazole rings is 1. The van der Waals surface area contributed by atoms with E-state index in [0.717, 1.165) is 54.8 Å². The fraction of sp³-hybridized carbons (Fsp3) is 0.474. The number of nitrogens with one attached hydrogen (secondary N) is 4. The highest BCUT2D eigenvalue weighted by atomic mass is 35.5. The fourth-order valence-electron chi connectivity index (χ4n) is 3.64. The molecule has 9 nitrogen and oxygen atoms in total. The molecule has 0 atom stereocenters. The molecule has 0 bridgehead atoms. The van der Waals surface area contributed by atoms with Gasteiger partial charge >= 0.3 is 5.69 Å². The van der Waals surface area contributed by atoms with Crippen molar-refractivity contribution in [1.82, 2.24) is 30.0 Å². The summed E-state index contributed by atoms with van der Waals surface area (Å²) in [5, 5.41) is 10.7. The SMILES string of the molecule is Cl.Cn1nc(C2CCNCC2)nc1NC(=O)CCCc1ccc2[nH]c(=O)[nH]c2c1. The standard InChI is InChI=1S/C19H25N7O2.ClH/c1-26-18(24-17(25-26)13-7-9-20-10-8-13)23-16(27)4-2-3-12-5-6-14-15(11-12)22-19(28)21-14;/h5-6,11,13,20H,2-4,7-10H2,1H3,(H2,21,22,28)(H,23,24,25,27);1H. The van der Waals surface area contributed by atoms with Gasteiger partial charge in [0.15, 0.2) is 5.82 Å². The van der Waals surface area contributed by atoms with Gasteiger partial charge in [-0.05, 0) is 56.5 Å². The van der Waals surface area contributed by atoms with E-state index in [0.29, 0.717) is 24.7 Å². The summed E-state index contributed by atoms with van der Waals surface area (Å²) in [6.45, 7) is 1.96. The Hall–Kier alpha value is -2.65. The molecular weight excluding hydrogens is 394 g/mol. The number of aromatic nitrogens is 5. The van der Waals surface area contributed by atoms with E-state index in [9.17, 15) is 9.59 Å². The molecule has 29 heavy (non-hydrogen) atoms. The summed E-state index contributed by atoms with van der Waals surface area (Å²) in [5.74, 6) is 1.61. The number of fused-ring (bicyclic) bond motifs is 1. The third kappa shape index (κ3) is 5.04. The molecule has 0 radical (unpaired) electrons. The maximum Gasteiger partial charge on any atom is 0.323 e. The Bertz CT molecular complexity index is 1030. The maximum atomic E-state index is 12.3. The first kappa shape index (κ1) is 21.1. The molecule has 10 heteroatoms. The molecule has 4 rings (SSSR count). The monoisotopic (exact) mass is 419 g/mol. The average molecular weight is 420 g/mol.